The maximum atomic E-state index is 12.7. The first kappa shape index (κ1) is 20.6. The van der Waals surface area contributed by atoms with E-state index in [1.165, 1.54) is 0 Å². The summed E-state index contributed by atoms with van der Waals surface area (Å²) in [6, 6.07) is 7.24. The third-order valence-corrected chi connectivity index (χ3v) is 4.06. The molecule has 0 saturated heterocycles. The number of hydrogen-bond donors (Lipinski definition) is 0. The van der Waals surface area contributed by atoms with Crippen LogP contribution < -0.4 is 4.74 Å². The van der Waals surface area contributed by atoms with E-state index in [0.29, 0.717) is 43.3 Å². The summed E-state index contributed by atoms with van der Waals surface area (Å²) in [6.07, 6.45) is 5.88. The van der Waals surface area contributed by atoms with E-state index in [2.05, 4.69) is 0 Å². The predicted molar refractivity (Wildman–Crippen MR) is 105 cm³/mol. The molecule has 1 aliphatic carbocycles. The summed E-state index contributed by atoms with van der Waals surface area (Å²) in [5.41, 5.74) is 0.536. The molecule has 0 N–H and O–H groups in total. The van der Waals surface area contributed by atoms with Gasteiger partial charge in [-0.05, 0) is 45.1 Å². The molecule has 0 saturated carbocycles. The van der Waals surface area contributed by atoms with Gasteiger partial charge in [0.1, 0.15) is 23.0 Å². The van der Waals surface area contributed by atoms with E-state index in [1.807, 2.05) is 45.1 Å². The fourth-order valence-corrected chi connectivity index (χ4v) is 2.93. The molecule has 146 valence electrons. The van der Waals surface area contributed by atoms with Crippen LogP contribution in [-0.4, -0.2) is 32.7 Å². The van der Waals surface area contributed by atoms with E-state index >= 15 is 0 Å². The van der Waals surface area contributed by atoms with Gasteiger partial charge in [0, 0.05) is 0 Å². The summed E-state index contributed by atoms with van der Waals surface area (Å²) in [4.78, 5) is 12.7. The van der Waals surface area contributed by atoms with Crippen molar-refractivity contribution in [3.63, 3.8) is 0 Å². The summed E-state index contributed by atoms with van der Waals surface area (Å²) < 4.78 is 22.5. The number of ketones is 1. The number of para-hydroxylation sites is 1. The largest absolute Gasteiger partial charge is 0.498 e. The minimum absolute atomic E-state index is 0.120. The van der Waals surface area contributed by atoms with Gasteiger partial charge in [0.2, 0.25) is 0 Å². The highest BCUT2D eigenvalue weighted by molar-refractivity contribution is 6.06. The van der Waals surface area contributed by atoms with Crippen molar-refractivity contribution in [3.05, 3.63) is 65.3 Å². The van der Waals surface area contributed by atoms with Gasteiger partial charge in [0.05, 0.1) is 44.8 Å². The van der Waals surface area contributed by atoms with Gasteiger partial charge in [-0.25, -0.2) is 0 Å². The van der Waals surface area contributed by atoms with Crippen molar-refractivity contribution in [2.45, 2.75) is 27.2 Å². The van der Waals surface area contributed by atoms with Gasteiger partial charge in [-0.2, -0.15) is 0 Å². The Bertz CT molecular complexity index is 730. The van der Waals surface area contributed by atoms with Gasteiger partial charge >= 0.3 is 0 Å². The van der Waals surface area contributed by atoms with Crippen LogP contribution in [0.25, 0.3) is 0 Å². The maximum Gasteiger partial charge on any atom is 0.189 e. The van der Waals surface area contributed by atoms with E-state index in [1.54, 1.807) is 25.3 Å². The maximum absolute atomic E-state index is 12.7. The van der Waals surface area contributed by atoms with Gasteiger partial charge in [-0.1, -0.05) is 18.2 Å². The Morgan fingerprint density at radius 2 is 1.78 bits per heavy atom. The fraction of sp³-hybridized carbons (Fsp3) is 0.409. The zero-order valence-corrected chi connectivity index (χ0v) is 16.5. The molecule has 0 fully saturated rings. The molecule has 1 unspecified atom stereocenters. The lowest BCUT2D eigenvalue weighted by Gasteiger charge is -2.24. The quantitative estimate of drug-likeness (QED) is 0.442. The standard InChI is InChI=1S/C22H28O5/c1-5-25-17-14-16(22(27-7-3)21(15-17)24-4)12-13-19(23)18-10-8-9-11-20(18)26-6-2/h8-14,16H,5-7,15H2,1-4H3/b13-12+. The Hall–Kier alpha value is -2.69. The molecule has 1 atom stereocenters. The minimum Gasteiger partial charge on any atom is -0.498 e. The number of rotatable bonds is 10. The van der Waals surface area contributed by atoms with Crippen LogP contribution >= 0.6 is 0 Å². The Labute approximate surface area is 161 Å². The van der Waals surface area contributed by atoms with Gasteiger partial charge in [-0.15, -0.1) is 0 Å². The lowest BCUT2D eigenvalue weighted by Crippen LogP contribution is -2.15. The van der Waals surface area contributed by atoms with Gasteiger partial charge < -0.3 is 18.9 Å². The highest BCUT2D eigenvalue weighted by atomic mass is 16.5. The zero-order valence-electron chi connectivity index (χ0n) is 16.5. The Balaban J connectivity index is 2.29. The summed E-state index contributed by atoms with van der Waals surface area (Å²) in [5.74, 6) is 2.49. The molecule has 27 heavy (non-hydrogen) atoms. The third kappa shape index (κ3) is 5.39. The van der Waals surface area contributed by atoms with Crippen LogP contribution in [0, 0.1) is 5.92 Å². The molecule has 0 bridgehead atoms. The number of carbonyl (C=O) groups is 1. The molecule has 1 aliphatic rings. The number of ether oxygens (including phenoxy) is 4. The monoisotopic (exact) mass is 372 g/mol. The number of carbonyl (C=O) groups excluding carboxylic acids is 1. The number of allylic oxidation sites excluding steroid dienone is 2. The van der Waals surface area contributed by atoms with Crippen LogP contribution in [0.1, 0.15) is 37.6 Å². The number of hydrogen-bond acceptors (Lipinski definition) is 5. The van der Waals surface area contributed by atoms with Crippen molar-refractivity contribution in [1.82, 2.24) is 0 Å². The summed E-state index contributed by atoms with van der Waals surface area (Å²) >= 11 is 0. The van der Waals surface area contributed by atoms with Gasteiger partial charge in [-0.3, -0.25) is 4.79 Å². The highest BCUT2D eigenvalue weighted by Crippen LogP contribution is 2.32. The molecule has 0 heterocycles. The summed E-state index contributed by atoms with van der Waals surface area (Å²) in [6.45, 7) is 7.35. The first-order valence-electron chi connectivity index (χ1n) is 9.32. The van der Waals surface area contributed by atoms with Crippen LogP contribution in [0.2, 0.25) is 0 Å². The second-order valence-corrected chi connectivity index (χ2v) is 5.85. The topological polar surface area (TPSA) is 54.0 Å². The van der Waals surface area contributed by atoms with Gasteiger partial charge in [0.15, 0.2) is 5.78 Å². The Morgan fingerprint density at radius 3 is 2.44 bits per heavy atom. The lowest BCUT2D eigenvalue weighted by molar-refractivity contribution is 0.104. The zero-order chi connectivity index (χ0) is 19.6. The molecule has 0 spiro atoms. The van der Waals surface area contributed by atoms with E-state index < -0.39 is 0 Å². The normalized spacial score (nSPS) is 16.9. The molecule has 0 radical (unpaired) electrons. The van der Waals surface area contributed by atoms with E-state index in [9.17, 15) is 4.79 Å². The van der Waals surface area contributed by atoms with Gasteiger partial charge in [0.25, 0.3) is 0 Å². The molecule has 5 nitrogen and oxygen atoms in total. The first-order valence-corrected chi connectivity index (χ1v) is 9.32. The molecule has 0 aromatic heterocycles. The molecule has 5 heteroatoms. The van der Waals surface area contributed by atoms with Crippen molar-refractivity contribution in [3.8, 4) is 5.75 Å². The fourth-order valence-electron chi connectivity index (χ4n) is 2.93. The third-order valence-electron chi connectivity index (χ3n) is 4.06. The molecule has 1 aromatic carbocycles. The average Bonchev–Trinajstić information content (AvgIpc) is 2.68. The molecular formula is C22H28O5. The SMILES string of the molecule is CCOC1=CC(/C=C/C(=O)c2ccccc2OCC)C(OCC)=C(OC)C1. The smallest absolute Gasteiger partial charge is 0.189 e. The predicted octanol–water partition coefficient (Wildman–Crippen LogP) is 4.66. The van der Waals surface area contributed by atoms with Crippen LogP contribution in [0.5, 0.6) is 5.75 Å². The average molecular weight is 372 g/mol. The molecule has 1 aromatic rings. The van der Waals surface area contributed by atoms with E-state index in [0.717, 1.165) is 11.5 Å². The second-order valence-electron chi connectivity index (χ2n) is 5.85. The van der Waals surface area contributed by atoms with Crippen molar-refractivity contribution in [2.75, 3.05) is 26.9 Å². The van der Waals surface area contributed by atoms with Crippen LogP contribution in [0.15, 0.2) is 59.8 Å². The van der Waals surface area contributed by atoms with Crippen LogP contribution in [-0.2, 0) is 14.2 Å². The molecule has 0 aliphatic heterocycles. The van der Waals surface area contributed by atoms with Crippen molar-refractivity contribution < 1.29 is 23.7 Å². The Kier molecular flexibility index (Phi) is 7.99. The van der Waals surface area contributed by atoms with Crippen LogP contribution in [0.3, 0.4) is 0 Å². The minimum atomic E-state index is -0.224. The number of benzene rings is 1. The summed E-state index contributed by atoms with van der Waals surface area (Å²) in [7, 11) is 1.62. The van der Waals surface area contributed by atoms with Crippen molar-refractivity contribution in [1.29, 1.82) is 0 Å². The molecule has 2 rings (SSSR count). The van der Waals surface area contributed by atoms with Crippen LogP contribution in [0.4, 0.5) is 0 Å². The molecule has 0 amide bonds. The Morgan fingerprint density at radius 1 is 1.07 bits per heavy atom. The van der Waals surface area contributed by atoms with Crippen molar-refractivity contribution >= 4 is 5.78 Å². The first-order chi connectivity index (χ1) is 13.1. The summed E-state index contributed by atoms with van der Waals surface area (Å²) in [5, 5.41) is 0. The lowest BCUT2D eigenvalue weighted by atomic mass is 9.96. The second kappa shape index (κ2) is 10.5. The van der Waals surface area contributed by atoms with E-state index in [4.69, 9.17) is 18.9 Å². The van der Waals surface area contributed by atoms with E-state index in [-0.39, 0.29) is 11.7 Å². The molecular weight excluding hydrogens is 344 g/mol. The van der Waals surface area contributed by atoms with Crippen molar-refractivity contribution in [2.24, 2.45) is 5.92 Å². The highest BCUT2D eigenvalue weighted by Gasteiger charge is 2.25. The number of methoxy groups -OCH3 is 1.